The Morgan fingerprint density at radius 2 is 1.88 bits per heavy atom. The van der Waals surface area contributed by atoms with Gasteiger partial charge >= 0.3 is 0 Å². The van der Waals surface area contributed by atoms with Gasteiger partial charge in [0.1, 0.15) is 17.6 Å². The van der Waals surface area contributed by atoms with E-state index in [1.165, 1.54) is 11.8 Å². The number of aryl methyl sites for hydroxylation is 1. The molecule has 3 heterocycles. The zero-order valence-corrected chi connectivity index (χ0v) is 18.8. The molecule has 33 heavy (non-hydrogen) atoms. The fourth-order valence-corrected chi connectivity index (χ4v) is 4.49. The average Bonchev–Trinajstić information content (AvgIpc) is 3.42. The summed E-state index contributed by atoms with van der Waals surface area (Å²) in [5.74, 6) is 2.72. The second kappa shape index (κ2) is 8.99. The molecule has 0 fully saturated rings. The Kier molecular flexibility index (Phi) is 5.74. The molecule has 0 aliphatic carbocycles. The molecule has 0 spiro atoms. The zero-order valence-electron chi connectivity index (χ0n) is 18.0. The first-order valence-corrected chi connectivity index (χ1v) is 11.2. The van der Waals surface area contributed by atoms with Crippen LogP contribution in [0.25, 0.3) is 0 Å². The second-order valence-electron chi connectivity index (χ2n) is 7.48. The molecule has 1 N–H and O–H groups in total. The maximum atomic E-state index is 13.2. The van der Waals surface area contributed by atoms with E-state index in [1.54, 1.807) is 13.0 Å². The van der Waals surface area contributed by atoms with Gasteiger partial charge in [-0.05, 0) is 24.6 Å². The lowest BCUT2D eigenvalue weighted by molar-refractivity contribution is -0.115. The van der Waals surface area contributed by atoms with Crippen molar-refractivity contribution in [3.63, 3.8) is 0 Å². The molecule has 2 aromatic carbocycles. The zero-order chi connectivity index (χ0) is 22.8. The number of para-hydroxylation sites is 2. The number of hydrogen-bond donors (Lipinski definition) is 1. The van der Waals surface area contributed by atoms with Crippen LogP contribution < -0.4 is 14.8 Å². The smallest absolute Gasteiger partial charge is 0.243 e. The summed E-state index contributed by atoms with van der Waals surface area (Å²) >= 11 is 1.30. The van der Waals surface area contributed by atoms with Crippen LogP contribution in [0.2, 0.25) is 0 Å². The SMILES string of the molecule is Cc1cc(NC(=O)C(Sc2nnc(C3COc4ccccc4O3)n2C)c2ccccc2)no1. The lowest BCUT2D eigenvalue weighted by Gasteiger charge is -2.25. The highest BCUT2D eigenvalue weighted by Crippen LogP contribution is 2.38. The molecular formula is C23H21N5O4S. The third-order valence-corrected chi connectivity index (χ3v) is 6.40. The summed E-state index contributed by atoms with van der Waals surface area (Å²) in [6.07, 6.45) is -0.408. The molecule has 0 saturated heterocycles. The van der Waals surface area contributed by atoms with Gasteiger partial charge in [0.15, 0.2) is 34.4 Å². The van der Waals surface area contributed by atoms with Crippen LogP contribution in [0.15, 0.2) is 70.3 Å². The van der Waals surface area contributed by atoms with Crippen LogP contribution in [0, 0.1) is 6.92 Å². The Balaban J connectivity index is 1.38. The molecule has 1 amide bonds. The number of fused-ring (bicyclic) bond motifs is 1. The lowest BCUT2D eigenvalue weighted by Crippen LogP contribution is -2.24. The summed E-state index contributed by atoms with van der Waals surface area (Å²) in [5.41, 5.74) is 0.830. The molecule has 2 unspecified atom stereocenters. The predicted molar refractivity (Wildman–Crippen MR) is 121 cm³/mol. The Morgan fingerprint density at radius 3 is 2.64 bits per heavy atom. The number of amides is 1. The van der Waals surface area contributed by atoms with Crippen molar-refractivity contribution in [1.29, 1.82) is 0 Å². The van der Waals surface area contributed by atoms with Crippen molar-refractivity contribution >= 4 is 23.5 Å². The first kappa shape index (κ1) is 21.1. The molecule has 10 heteroatoms. The second-order valence-corrected chi connectivity index (χ2v) is 8.56. The maximum Gasteiger partial charge on any atom is 0.243 e. The van der Waals surface area contributed by atoms with Gasteiger partial charge in [-0.2, -0.15) is 0 Å². The van der Waals surface area contributed by atoms with Crippen LogP contribution in [0.3, 0.4) is 0 Å². The van der Waals surface area contributed by atoms with E-state index in [9.17, 15) is 4.79 Å². The highest BCUT2D eigenvalue weighted by Gasteiger charge is 2.30. The minimum Gasteiger partial charge on any atom is -0.485 e. The molecule has 5 rings (SSSR count). The molecule has 1 aliphatic heterocycles. The van der Waals surface area contributed by atoms with Gasteiger partial charge in [-0.1, -0.05) is 59.4 Å². The van der Waals surface area contributed by atoms with E-state index in [4.69, 9.17) is 14.0 Å². The number of nitrogens with one attached hydrogen (secondary N) is 1. The van der Waals surface area contributed by atoms with Crippen molar-refractivity contribution in [1.82, 2.24) is 19.9 Å². The summed E-state index contributed by atoms with van der Waals surface area (Å²) in [7, 11) is 1.85. The number of carbonyl (C=O) groups is 1. The minimum absolute atomic E-state index is 0.241. The van der Waals surface area contributed by atoms with Crippen LogP contribution in [0.5, 0.6) is 11.5 Å². The van der Waals surface area contributed by atoms with E-state index in [0.29, 0.717) is 40.7 Å². The highest BCUT2D eigenvalue weighted by atomic mass is 32.2. The van der Waals surface area contributed by atoms with Crippen molar-refractivity contribution in [3.05, 3.63) is 77.8 Å². The highest BCUT2D eigenvalue weighted by molar-refractivity contribution is 8.00. The van der Waals surface area contributed by atoms with Crippen LogP contribution >= 0.6 is 11.8 Å². The Hall–Kier alpha value is -3.79. The van der Waals surface area contributed by atoms with Crippen LogP contribution in [-0.2, 0) is 11.8 Å². The molecule has 2 atom stereocenters. The minimum atomic E-state index is -0.580. The summed E-state index contributed by atoms with van der Waals surface area (Å²) in [5, 5.41) is 15.3. The molecule has 4 aromatic rings. The summed E-state index contributed by atoms with van der Waals surface area (Å²) in [6.45, 7) is 2.09. The Bertz CT molecular complexity index is 1270. The van der Waals surface area contributed by atoms with Crippen molar-refractivity contribution in [2.75, 3.05) is 11.9 Å². The molecule has 0 radical (unpaired) electrons. The van der Waals surface area contributed by atoms with E-state index in [2.05, 4.69) is 20.7 Å². The van der Waals surface area contributed by atoms with Gasteiger partial charge < -0.3 is 23.9 Å². The maximum absolute atomic E-state index is 13.2. The topological polar surface area (TPSA) is 104 Å². The van der Waals surface area contributed by atoms with Crippen molar-refractivity contribution in [3.8, 4) is 11.5 Å². The van der Waals surface area contributed by atoms with Gasteiger partial charge in [-0.25, -0.2) is 0 Å². The number of nitrogens with zero attached hydrogens (tertiary/aromatic N) is 4. The molecule has 9 nitrogen and oxygen atoms in total. The number of ether oxygens (including phenoxy) is 2. The average molecular weight is 464 g/mol. The number of anilines is 1. The third-order valence-electron chi connectivity index (χ3n) is 5.11. The fourth-order valence-electron chi connectivity index (χ4n) is 3.48. The quantitative estimate of drug-likeness (QED) is 0.426. The van der Waals surface area contributed by atoms with Gasteiger partial charge in [0.2, 0.25) is 5.91 Å². The fraction of sp³-hybridized carbons (Fsp3) is 0.217. The van der Waals surface area contributed by atoms with Crippen molar-refractivity contribution < 1.29 is 18.8 Å². The molecule has 168 valence electrons. The van der Waals surface area contributed by atoms with E-state index >= 15 is 0 Å². The summed E-state index contributed by atoms with van der Waals surface area (Å²) < 4.78 is 18.8. The van der Waals surface area contributed by atoms with Gasteiger partial charge in [-0.15, -0.1) is 10.2 Å². The number of carbonyl (C=O) groups excluding carboxylic acids is 1. The Labute approximate surface area is 194 Å². The molecular weight excluding hydrogens is 442 g/mol. The van der Waals surface area contributed by atoms with Gasteiger partial charge in [0.25, 0.3) is 0 Å². The number of hydrogen-bond acceptors (Lipinski definition) is 8. The van der Waals surface area contributed by atoms with Crippen LogP contribution in [-0.4, -0.2) is 32.4 Å². The first-order chi connectivity index (χ1) is 16.1. The van der Waals surface area contributed by atoms with E-state index in [0.717, 1.165) is 5.56 Å². The van der Waals surface area contributed by atoms with E-state index in [1.807, 2.05) is 66.2 Å². The molecule has 0 bridgehead atoms. The first-order valence-electron chi connectivity index (χ1n) is 10.3. The summed E-state index contributed by atoms with van der Waals surface area (Å²) in [4.78, 5) is 13.2. The number of thioether (sulfide) groups is 1. The van der Waals surface area contributed by atoms with Crippen LogP contribution in [0.1, 0.15) is 28.5 Å². The Morgan fingerprint density at radius 1 is 1.12 bits per heavy atom. The third kappa shape index (κ3) is 4.42. The predicted octanol–water partition coefficient (Wildman–Crippen LogP) is 4.10. The lowest BCUT2D eigenvalue weighted by atomic mass is 10.1. The van der Waals surface area contributed by atoms with Gasteiger partial charge in [0.05, 0.1) is 0 Å². The number of aromatic nitrogens is 4. The van der Waals surface area contributed by atoms with Crippen molar-refractivity contribution in [2.24, 2.45) is 7.05 Å². The van der Waals surface area contributed by atoms with E-state index < -0.39 is 11.4 Å². The molecule has 1 aliphatic rings. The number of rotatable bonds is 6. The standard InChI is InChI=1S/C23H21N5O4S/c1-14-12-19(27-32-14)24-22(29)20(15-8-4-3-5-9-15)33-23-26-25-21(28(23)2)18-13-30-16-10-6-7-11-17(16)31-18/h3-12,18,20H,13H2,1-2H3,(H,24,27,29). The monoisotopic (exact) mass is 463 g/mol. The number of benzene rings is 2. The van der Waals surface area contributed by atoms with Gasteiger partial charge in [-0.3, -0.25) is 4.79 Å². The van der Waals surface area contributed by atoms with Crippen molar-refractivity contribution in [2.45, 2.75) is 23.4 Å². The molecule has 2 aromatic heterocycles. The largest absolute Gasteiger partial charge is 0.485 e. The summed E-state index contributed by atoms with van der Waals surface area (Å²) in [6, 6.07) is 18.7. The van der Waals surface area contributed by atoms with Gasteiger partial charge in [0, 0.05) is 13.1 Å². The van der Waals surface area contributed by atoms with E-state index in [-0.39, 0.29) is 5.91 Å². The normalized spacial score (nSPS) is 15.8. The molecule has 0 saturated carbocycles. The van der Waals surface area contributed by atoms with Crippen LogP contribution in [0.4, 0.5) is 5.82 Å².